The van der Waals surface area contributed by atoms with E-state index < -0.39 is 0 Å². The molecule has 1 aromatic carbocycles. The average Bonchev–Trinajstić information content (AvgIpc) is 3.22. The highest BCUT2D eigenvalue weighted by atomic mass is 32.2. The minimum Gasteiger partial charge on any atom is -0.497 e. The summed E-state index contributed by atoms with van der Waals surface area (Å²) in [5.41, 5.74) is 0.701. The lowest BCUT2D eigenvalue weighted by Crippen LogP contribution is -2.22. The van der Waals surface area contributed by atoms with E-state index in [9.17, 15) is 4.79 Å². The van der Waals surface area contributed by atoms with Gasteiger partial charge in [0.05, 0.1) is 31.6 Å². The number of hydrogen-bond donors (Lipinski definition) is 0. The van der Waals surface area contributed by atoms with Crippen molar-refractivity contribution in [3.63, 3.8) is 0 Å². The van der Waals surface area contributed by atoms with E-state index in [0.717, 1.165) is 0 Å². The molecule has 25 heavy (non-hydrogen) atoms. The van der Waals surface area contributed by atoms with Crippen LogP contribution in [0.3, 0.4) is 0 Å². The van der Waals surface area contributed by atoms with E-state index in [2.05, 4.69) is 5.10 Å². The number of carbonyl (C=O) groups is 1. The summed E-state index contributed by atoms with van der Waals surface area (Å²) in [6, 6.07) is 8.82. The maximum absolute atomic E-state index is 12.5. The van der Waals surface area contributed by atoms with Gasteiger partial charge in [-0.15, -0.1) is 0 Å². The van der Waals surface area contributed by atoms with E-state index in [1.165, 1.54) is 23.0 Å². The highest BCUT2D eigenvalue weighted by molar-refractivity contribution is 8.26. The van der Waals surface area contributed by atoms with Gasteiger partial charge in [-0.3, -0.25) is 4.79 Å². The first kappa shape index (κ1) is 17.2. The van der Waals surface area contributed by atoms with Crippen LogP contribution in [0.15, 0.2) is 51.0 Å². The number of amides is 1. The van der Waals surface area contributed by atoms with Crippen molar-refractivity contribution in [2.24, 2.45) is 5.10 Å². The standard InChI is InChI=1S/C17H14N2O4S2/c1-21-12-6-5-11(14(8-12)22-2)10-18-19-16(20)15(25-17(19)24)9-13-4-3-7-23-13/h3-10H,1-2H3/b15-9+,18-10+. The van der Waals surface area contributed by atoms with Crippen LogP contribution in [0.25, 0.3) is 6.08 Å². The Morgan fingerprint density at radius 1 is 1.28 bits per heavy atom. The predicted octanol–water partition coefficient (Wildman–Crippen LogP) is 3.53. The van der Waals surface area contributed by atoms with Gasteiger partial charge in [-0.05, 0) is 36.5 Å². The van der Waals surface area contributed by atoms with Gasteiger partial charge in [0.15, 0.2) is 4.32 Å². The van der Waals surface area contributed by atoms with Gasteiger partial charge >= 0.3 is 0 Å². The van der Waals surface area contributed by atoms with Crippen molar-refractivity contribution in [3.8, 4) is 11.5 Å². The molecule has 128 valence electrons. The zero-order valence-corrected chi connectivity index (χ0v) is 15.1. The Labute approximate surface area is 154 Å². The molecule has 0 saturated carbocycles. The summed E-state index contributed by atoms with van der Waals surface area (Å²) in [6.45, 7) is 0. The summed E-state index contributed by atoms with van der Waals surface area (Å²) >= 11 is 6.41. The topological polar surface area (TPSA) is 64.3 Å². The second kappa shape index (κ2) is 7.54. The van der Waals surface area contributed by atoms with E-state index in [1.807, 2.05) is 0 Å². The zero-order valence-electron chi connectivity index (χ0n) is 13.5. The molecule has 1 fully saturated rings. The lowest BCUT2D eigenvalue weighted by molar-refractivity contribution is -0.122. The molecule has 2 aromatic rings. The first-order valence-electron chi connectivity index (χ1n) is 7.20. The van der Waals surface area contributed by atoms with Crippen molar-refractivity contribution in [2.45, 2.75) is 0 Å². The molecule has 0 atom stereocenters. The van der Waals surface area contributed by atoms with E-state index in [0.29, 0.717) is 32.0 Å². The molecular formula is C17H14N2O4S2. The Balaban J connectivity index is 1.82. The van der Waals surface area contributed by atoms with Crippen molar-refractivity contribution in [3.05, 3.63) is 52.8 Å². The van der Waals surface area contributed by atoms with E-state index in [-0.39, 0.29) is 5.91 Å². The molecule has 1 aliphatic rings. The zero-order chi connectivity index (χ0) is 17.8. The monoisotopic (exact) mass is 374 g/mol. The lowest BCUT2D eigenvalue weighted by atomic mass is 10.2. The van der Waals surface area contributed by atoms with Crippen LogP contribution in [0, 0.1) is 0 Å². The molecule has 1 aromatic heterocycles. The summed E-state index contributed by atoms with van der Waals surface area (Å²) < 4.78 is 16.0. The van der Waals surface area contributed by atoms with Gasteiger partial charge in [-0.25, -0.2) is 0 Å². The Bertz CT molecular complexity index is 860. The smallest absolute Gasteiger partial charge is 0.286 e. The van der Waals surface area contributed by atoms with E-state index in [4.69, 9.17) is 26.1 Å². The maximum atomic E-state index is 12.5. The molecule has 2 heterocycles. The summed E-state index contributed by atoms with van der Waals surface area (Å²) in [5, 5.41) is 5.38. The third-order valence-electron chi connectivity index (χ3n) is 3.34. The molecule has 8 heteroatoms. The molecule has 0 bridgehead atoms. The summed E-state index contributed by atoms with van der Waals surface area (Å²) in [4.78, 5) is 12.9. The van der Waals surface area contributed by atoms with Gasteiger partial charge in [-0.1, -0.05) is 11.8 Å². The number of rotatable bonds is 5. The van der Waals surface area contributed by atoms with Crippen molar-refractivity contribution < 1.29 is 18.7 Å². The molecular weight excluding hydrogens is 360 g/mol. The highest BCUT2D eigenvalue weighted by Crippen LogP contribution is 2.33. The first-order chi connectivity index (χ1) is 12.1. The first-order valence-corrected chi connectivity index (χ1v) is 8.42. The van der Waals surface area contributed by atoms with Gasteiger partial charge in [0, 0.05) is 17.7 Å². The van der Waals surface area contributed by atoms with Crippen molar-refractivity contribution >= 4 is 46.5 Å². The SMILES string of the molecule is COc1ccc(/C=N/N2C(=O)/C(=C\c3ccco3)SC2=S)c(OC)c1. The minimum atomic E-state index is -0.296. The highest BCUT2D eigenvalue weighted by Gasteiger charge is 2.32. The van der Waals surface area contributed by atoms with Crippen LogP contribution >= 0.6 is 24.0 Å². The molecule has 0 radical (unpaired) electrons. The fourth-order valence-corrected chi connectivity index (χ4v) is 3.26. The van der Waals surface area contributed by atoms with Gasteiger partial charge in [0.25, 0.3) is 5.91 Å². The minimum absolute atomic E-state index is 0.296. The molecule has 0 unspecified atom stereocenters. The number of thiocarbonyl (C=S) groups is 1. The number of thioether (sulfide) groups is 1. The van der Waals surface area contributed by atoms with Gasteiger partial charge in [0.1, 0.15) is 17.3 Å². The quantitative estimate of drug-likeness (QED) is 0.453. The van der Waals surface area contributed by atoms with Crippen molar-refractivity contribution in [1.82, 2.24) is 5.01 Å². The number of carbonyl (C=O) groups excluding carboxylic acids is 1. The number of ether oxygens (including phenoxy) is 2. The molecule has 0 aliphatic carbocycles. The number of nitrogens with zero attached hydrogens (tertiary/aromatic N) is 2. The Kier molecular flexibility index (Phi) is 5.20. The number of methoxy groups -OCH3 is 2. The van der Waals surface area contributed by atoms with Crippen LogP contribution in [0.2, 0.25) is 0 Å². The molecule has 1 aliphatic heterocycles. The maximum Gasteiger partial charge on any atom is 0.286 e. The summed E-state index contributed by atoms with van der Waals surface area (Å²) in [6.07, 6.45) is 4.71. The van der Waals surface area contributed by atoms with Crippen LogP contribution in [-0.2, 0) is 4.79 Å². The lowest BCUT2D eigenvalue weighted by Gasteiger charge is -2.09. The summed E-state index contributed by atoms with van der Waals surface area (Å²) in [5.74, 6) is 1.54. The van der Waals surface area contributed by atoms with Crippen LogP contribution in [-0.4, -0.2) is 35.7 Å². The van der Waals surface area contributed by atoms with Crippen molar-refractivity contribution in [2.75, 3.05) is 14.2 Å². The molecule has 1 amide bonds. The third-order valence-corrected chi connectivity index (χ3v) is 4.63. The van der Waals surface area contributed by atoms with Crippen LogP contribution in [0.5, 0.6) is 11.5 Å². The third kappa shape index (κ3) is 3.75. The Morgan fingerprint density at radius 3 is 2.80 bits per heavy atom. The molecule has 6 nitrogen and oxygen atoms in total. The average molecular weight is 374 g/mol. The second-order valence-corrected chi connectivity index (χ2v) is 6.54. The van der Waals surface area contributed by atoms with Crippen LogP contribution < -0.4 is 9.47 Å². The van der Waals surface area contributed by atoms with E-state index >= 15 is 0 Å². The van der Waals surface area contributed by atoms with Crippen LogP contribution in [0.4, 0.5) is 0 Å². The van der Waals surface area contributed by atoms with Gasteiger partial charge in [-0.2, -0.15) is 10.1 Å². The number of hydrazone groups is 1. The van der Waals surface area contributed by atoms with Crippen LogP contribution in [0.1, 0.15) is 11.3 Å². The number of benzene rings is 1. The molecule has 3 rings (SSSR count). The number of hydrogen-bond acceptors (Lipinski definition) is 7. The largest absolute Gasteiger partial charge is 0.497 e. The molecule has 1 saturated heterocycles. The number of furan rings is 1. The van der Waals surface area contributed by atoms with E-state index in [1.54, 1.807) is 56.9 Å². The Morgan fingerprint density at radius 2 is 2.12 bits per heavy atom. The van der Waals surface area contributed by atoms with Gasteiger partial charge in [0.2, 0.25) is 0 Å². The summed E-state index contributed by atoms with van der Waals surface area (Å²) in [7, 11) is 3.13. The fraction of sp³-hybridized carbons (Fsp3) is 0.118. The molecule has 0 N–H and O–H groups in total. The fourth-order valence-electron chi connectivity index (χ4n) is 2.11. The Hall–Kier alpha value is -2.58. The molecule has 0 spiro atoms. The normalized spacial score (nSPS) is 16.2. The van der Waals surface area contributed by atoms with Crippen molar-refractivity contribution in [1.29, 1.82) is 0 Å². The second-order valence-electron chi connectivity index (χ2n) is 4.86. The van der Waals surface area contributed by atoms with Gasteiger partial charge < -0.3 is 13.9 Å². The predicted molar refractivity (Wildman–Crippen MR) is 101 cm³/mol.